The fourth-order valence-corrected chi connectivity index (χ4v) is 7.12. The van der Waals surface area contributed by atoms with Crippen molar-refractivity contribution in [2.75, 3.05) is 0 Å². The molecule has 4 aliphatic rings. The Bertz CT molecular complexity index is 252. The minimum absolute atomic E-state index is 0.250. The zero-order chi connectivity index (χ0) is 12.0. The van der Waals surface area contributed by atoms with Crippen molar-refractivity contribution in [1.82, 2.24) is 0 Å². The van der Waals surface area contributed by atoms with Crippen LogP contribution in [-0.4, -0.2) is 15.9 Å². The van der Waals surface area contributed by atoms with Crippen LogP contribution in [0.3, 0.4) is 0 Å². The van der Waals surface area contributed by atoms with Crippen LogP contribution in [0.5, 0.6) is 0 Å². The molecule has 2 nitrogen and oxygen atoms in total. The largest absolute Gasteiger partial charge is 0.483 e. The molecule has 0 radical (unpaired) electrons. The van der Waals surface area contributed by atoms with E-state index in [1.54, 1.807) is 0 Å². The maximum atomic E-state index is 8.36. The van der Waals surface area contributed by atoms with Crippen LogP contribution in [0.25, 0.3) is 0 Å². The summed E-state index contributed by atoms with van der Waals surface area (Å²) >= 11 is 4.03. The summed E-state index contributed by atoms with van der Waals surface area (Å²) in [7, 11) is 0. The summed E-state index contributed by atoms with van der Waals surface area (Å²) in [5, 5.41) is 6.89. The molecule has 2 unspecified atom stereocenters. The van der Waals surface area contributed by atoms with Gasteiger partial charge in [-0.15, -0.1) is 0 Å². The van der Waals surface area contributed by atoms with E-state index in [1.165, 1.54) is 38.5 Å². The molecular weight excluding hydrogens is 268 g/mol. The highest BCUT2D eigenvalue weighted by Crippen LogP contribution is 2.68. The zero-order valence-electron chi connectivity index (χ0n) is 10.1. The van der Waals surface area contributed by atoms with Gasteiger partial charge in [-0.3, -0.25) is 4.79 Å². The second-order valence-corrected chi connectivity index (χ2v) is 8.57. The first-order valence-electron chi connectivity index (χ1n) is 6.09. The third-order valence-electron chi connectivity index (χ3n) is 4.56. The fourth-order valence-electron chi connectivity index (χ4n) is 5.31. The lowest BCUT2D eigenvalue weighted by Gasteiger charge is -2.63. The first-order chi connectivity index (χ1) is 7.32. The summed E-state index contributed by atoms with van der Waals surface area (Å²) in [5.74, 6) is 1.03. The Morgan fingerprint density at radius 2 is 1.56 bits per heavy atom. The predicted molar refractivity (Wildman–Crippen MR) is 67.8 cm³/mol. The Morgan fingerprint density at radius 3 is 1.88 bits per heavy atom. The molecule has 0 spiro atoms. The Hall–Kier alpha value is -0.0500. The van der Waals surface area contributed by atoms with E-state index in [4.69, 9.17) is 9.90 Å². The van der Waals surface area contributed by atoms with Crippen LogP contribution in [0.2, 0.25) is 0 Å². The molecule has 4 fully saturated rings. The molecule has 4 saturated carbocycles. The average Bonchev–Trinajstić information content (AvgIpc) is 1.93. The lowest BCUT2D eigenvalue weighted by molar-refractivity contribution is -0.122. The molecule has 4 aliphatic carbocycles. The third-order valence-corrected chi connectivity index (χ3v) is 5.44. The van der Waals surface area contributed by atoms with Gasteiger partial charge < -0.3 is 5.11 Å². The molecule has 92 valence electrons. The highest BCUT2D eigenvalue weighted by molar-refractivity contribution is 9.10. The maximum Gasteiger partial charge on any atom is 0.290 e. The number of hydrogen-bond acceptors (Lipinski definition) is 1. The van der Waals surface area contributed by atoms with Crippen LogP contribution < -0.4 is 0 Å². The topological polar surface area (TPSA) is 37.3 Å². The van der Waals surface area contributed by atoms with E-state index >= 15 is 0 Å². The van der Waals surface area contributed by atoms with Crippen molar-refractivity contribution in [3.63, 3.8) is 0 Å². The van der Waals surface area contributed by atoms with Gasteiger partial charge in [0.2, 0.25) is 0 Å². The van der Waals surface area contributed by atoms with E-state index < -0.39 is 0 Å². The monoisotopic (exact) mass is 288 g/mol. The normalized spacial score (nSPS) is 53.1. The molecule has 1 N–H and O–H groups in total. The molecule has 3 heteroatoms. The highest BCUT2D eigenvalue weighted by Gasteiger charge is 2.59. The van der Waals surface area contributed by atoms with Gasteiger partial charge in [0.15, 0.2) is 0 Å². The summed E-state index contributed by atoms with van der Waals surface area (Å²) in [6.07, 6.45) is 8.84. The zero-order valence-corrected chi connectivity index (χ0v) is 11.7. The molecule has 0 aliphatic heterocycles. The lowest BCUT2D eigenvalue weighted by atomic mass is 9.45. The number of halogens is 1. The minimum Gasteiger partial charge on any atom is -0.483 e. The van der Waals surface area contributed by atoms with E-state index in [0.717, 1.165) is 5.92 Å². The summed E-state index contributed by atoms with van der Waals surface area (Å²) in [4.78, 5) is 8.36. The van der Waals surface area contributed by atoms with Gasteiger partial charge in [-0.1, -0.05) is 29.8 Å². The number of carbonyl (C=O) groups is 1. The van der Waals surface area contributed by atoms with Crippen molar-refractivity contribution < 1.29 is 9.90 Å². The Kier molecular flexibility index (Phi) is 2.89. The van der Waals surface area contributed by atoms with Gasteiger partial charge in [0.05, 0.1) is 0 Å². The quantitative estimate of drug-likeness (QED) is 0.543. The molecule has 2 atom stereocenters. The summed E-state index contributed by atoms with van der Waals surface area (Å²) < 4.78 is 0.538. The summed E-state index contributed by atoms with van der Waals surface area (Å²) in [5.41, 5.74) is 1.36. The van der Waals surface area contributed by atoms with Crippen molar-refractivity contribution in [3.8, 4) is 0 Å². The lowest BCUT2D eigenvalue weighted by Crippen LogP contribution is -2.55. The first-order valence-corrected chi connectivity index (χ1v) is 6.88. The Morgan fingerprint density at radius 1 is 1.12 bits per heavy atom. The Balaban J connectivity index is 0.000000292. The van der Waals surface area contributed by atoms with Gasteiger partial charge in [-0.05, 0) is 55.3 Å². The van der Waals surface area contributed by atoms with Crippen molar-refractivity contribution in [2.24, 2.45) is 16.7 Å². The van der Waals surface area contributed by atoms with E-state index in [2.05, 4.69) is 29.8 Å². The van der Waals surface area contributed by atoms with Crippen molar-refractivity contribution in [3.05, 3.63) is 0 Å². The van der Waals surface area contributed by atoms with Crippen molar-refractivity contribution in [1.29, 1.82) is 0 Å². The van der Waals surface area contributed by atoms with E-state index in [9.17, 15) is 0 Å². The molecule has 4 rings (SSSR count). The third kappa shape index (κ3) is 2.15. The molecule has 0 aromatic carbocycles. The molecule has 0 aromatic rings. The van der Waals surface area contributed by atoms with Gasteiger partial charge in [0.25, 0.3) is 6.47 Å². The molecule has 0 saturated heterocycles. The van der Waals surface area contributed by atoms with Crippen LogP contribution in [0, 0.1) is 16.7 Å². The summed E-state index contributed by atoms with van der Waals surface area (Å²) in [6, 6.07) is 0. The van der Waals surface area contributed by atoms with E-state index in [0.29, 0.717) is 15.2 Å². The van der Waals surface area contributed by atoms with Gasteiger partial charge in [-0.2, -0.15) is 0 Å². The highest BCUT2D eigenvalue weighted by atomic mass is 79.9. The molecule has 0 heterocycles. The smallest absolute Gasteiger partial charge is 0.290 e. The van der Waals surface area contributed by atoms with Gasteiger partial charge in [0, 0.05) is 4.32 Å². The molecule has 0 aromatic heterocycles. The fraction of sp³-hybridized carbons (Fsp3) is 0.923. The number of alkyl halides is 1. The van der Waals surface area contributed by atoms with Crippen LogP contribution in [0.1, 0.15) is 52.4 Å². The summed E-state index contributed by atoms with van der Waals surface area (Å²) in [6.45, 7) is 4.79. The Labute approximate surface area is 106 Å². The van der Waals surface area contributed by atoms with Crippen LogP contribution in [-0.2, 0) is 4.79 Å². The SMILES string of the molecule is CC12CC3CC(C)(C1)CC(Br)(C3)C2.O=CO. The van der Waals surface area contributed by atoms with Crippen LogP contribution in [0.4, 0.5) is 0 Å². The van der Waals surface area contributed by atoms with E-state index in [-0.39, 0.29) is 6.47 Å². The van der Waals surface area contributed by atoms with Gasteiger partial charge in [0.1, 0.15) is 0 Å². The molecule has 16 heavy (non-hydrogen) atoms. The number of hydrogen-bond donors (Lipinski definition) is 1. The van der Waals surface area contributed by atoms with Gasteiger partial charge >= 0.3 is 0 Å². The van der Waals surface area contributed by atoms with Crippen LogP contribution in [0.15, 0.2) is 0 Å². The second-order valence-electron chi connectivity index (χ2n) is 6.89. The molecule has 0 amide bonds. The molecular formula is C13H21BrO2. The minimum atomic E-state index is -0.250. The predicted octanol–water partition coefficient (Wildman–Crippen LogP) is 3.83. The standard InChI is InChI=1S/C12H19Br.CH2O2/c1-10-3-9-4-11(2,6-10)8-12(13,5-9)7-10;2-1-3/h9H,3-8H2,1-2H3;1H,(H,2,3). The molecule has 4 bridgehead atoms. The number of rotatable bonds is 0. The van der Waals surface area contributed by atoms with Crippen LogP contribution >= 0.6 is 15.9 Å². The number of carboxylic acid groups (broad SMARTS) is 1. The first kappa shape index (κ1) is 12.4. The second kappa shape index (κ2) is 3.72. The van der Waals surface area contributed by atoms with Crippen molar-refractivity contribution in [2.45, 2.75) is 56.7 Å². The van der Waals surface area contributed by atoms with Crippen molar-refractivity contribution >= 4 is 22.4 Å². The maximum absolute atomic E-state index is 8.36. The van der Waals surface area contributed by atoms with Gasteiger partial charge in [-0.25, -0.2) is 0 Å². The average molecular weight is 289 g/mol. The van der Waals surface area contributed by atoms with E-state index in [1.807, 2.05) is 0 Å².